The van der Waals surface area contributed by atoms with Crippen LogP contribution in [0, 0.1) is 0 Å². The minimum atomic E-state index is -3.54. The van der Waals surface area contributed by atoms with Crippen LogP contribution in [0.2, 0.25) is 10.0 Å². The van der Waals surface area contributed by atoms with Crippen molar-refractivity contribution in [3.8, 4) is 0 Å². The Kier molecular flexibility index (Phi) is 10.7. The van der Waals surface area contributed by atoms with Gasteiger partial charge in [0.2, 0.25) is 21.8 Å². The normalized spacial score (nSPS) is 12.1. The zero-order chi connectivity index (χ0) is 27.7. The number of carbonyl (C=O) groups excluding carboxylic acids is 2. The molecule has 0 spiro atoms. The number of carbonyl (C=O) groups is 2. The molecule has 0 bridgehead atoms. The fraction of sp³-hybridized carbons (Fsp3) is 0.286. The quantitative estimate of drug-likeness (QED) is 0.319. The topological polar surface area (TPSA) is 95.6 Å². The summed E-state index contributed by atoms with van der Waals surface area (Å²) in [7, 11) is -3.54. The van der Waals surface area contributed by atoms with Crippen molar-refractivity contribution in [3.63, 3.8) is 0 Å². The maximum Gasteiger partial charge on any atom is 0.242 e. The van der Waals surface area contributed by atoms with E-state index in [1.807, 2.05) is 30.3 Å². The van der Waals surface area contributed by atoms with Gasteiger partial charge in [-0.25, -0.2) is 13.1 Å². The predicted octanol–water partition coefficient (Wildman–Crippen LogP) is 4.96. The third-order valence-corrected chi connectivity index (χ3v) is 8.18. The fourth-order valence-electron chi connectivity index (χ4n) is 3.86. The second-order valence-electron chi connectivity index (χ2n) is 8.78. The third-order valence-electron chi connectivity index (χ3n) is 6.03. The highest BCUT2D eigenvalue weighted by atomic mass is 35.5. The van der Waals surface area contributed by atoms with Gasteiger partial charge in [0, 0.05) is 36.1 Å². The Bertz CT molecular complexity index is 1350. The highest BCUT2D eigenvalue weighted by Gasteiger charge is 2.26. The lowest BCUT2D eigenvalue weighted by Crippen LogP contribution is -2.47. The summed E-state index contributed by atoms with van der Waals surface area (Å²) in [4.78, 5) is 28.1. The molecule has 0 aliphatic heterocycles. The van der Waals surface area contributed by atoms with Crippen LogP contribution in [0.5, 0.6) is 0 Å². The van der Waals surface area contributed by atoms with E-state index < -0.39 is 16.1 Å². The number of nitrogens with zero attached hydrogens (tertiary/aromatic N) is 1. The molecular formula is C28H31Cl2N3O4S. The molecule has 0 saturated carbocycles. The van der Waals surface area contributed by atoms with Gasteiger partial charge in [0.25, 0.3) is 0 Å². The summed E-state index contributed by atoms with van der Waals surface area (Å²) in [5.74, 6) is -0.497. The minimum absolute atomic E-state index is 0.159. The van der Waals surface area contributed by atoms with E-state index in [-0.39, 0.29) is 36.2 Å². The Morgan fingerprint density at radius 2 is 1.63 bits per heavy atom. The molecule has 0 aliphatic carbocycles. The van der Waals surface area contributed by atoms with Crippen LogP contribution in [-0.4, -0.2) is 37.7 Å². The van der Waals surface area contributed by atoms with Crippen LogP contribution in [0.1, 0.15) is 37.0 Å². The lowest BCUT2D eigenvalue weighted by Gasteiger charge is -2.29. The van der Waals surface area contributed by atoms with E-state index in [2.05, 4.69) is 10.0 Å². The van der Waals surface area contributed by atoms with Crippen molar-refractivity contribution in [3.05, 3.63) is 99.5 Å². The van der Waals surface area contributed by atoms with Crippen LogP contribution in [0.4, 0.5) is 0 Å². The Balaban J connectivity index is 1.69. The SMILES string of the molecule is CCNS(=O)(=O)c1ccc(CCC(=O)N(Cc2ccccc2)[C@H](C)C(=O)NCc2ccc(Cl)cc2Cl)cc1. The number of hydrogen-bond donors (Lipinski definition) is 2. The summed E-state index contributed by atoms with van der Waals surface area (Å²) in [5, 5.41) is 3.82. The first kappa shape index (κ1) is 29.6. The number of amides is 2. The molecule has 3 rings (SSSR count). The predicted molar refractivity (Wildman–Crippen MR) is 150 cm³/mol. The van der Waals surface area contributed by atoms with E-state index in [1.165, 1.54) is 12.1 Å². The zero-order valence-electron chi connectivity index (χ0n) is 21.3. The molecular weight excluding hydrogens is 545 g/mol. The molecule has 0 aliphatic rings. The molecule has 3 aromatic rings. The van der Waals surface area contributed by atoms with Crippen molar-refractivity contribution in [2.45, 2.75) is 50.7 Å². The number of nitrogens with one attached hydrogen (secondary N) is 2. The second kappa shape index (κ2) is 13.8. The first-order valence-corrected chi connectivity index (χ1v) is 14.5. The maximum absolute atomic E-state index is 13.3. The first-order valence-electron chi connectivity index (χ1n) is 12.2. The highest BCUT2D eigenvalue weighted by molar-refractivity contribution is 7.89. The van der Waals surface area contributed by atoms with E-state index in [0.29, 0.717) is 23.0 Å². The number of rotatable bonds is 12. The average molecular weight is 577 g/mol. The van der Waals surface area contributed by atoms with E-state index >= 15 is 0 Å². The molecule has 38 heavy (non-hydrogen) atoms. The molecule has 0 saturated heterocycles. The van der Waals surface area contributed by atoms with E-state index in [0.717, 1.165) is 16.7 Å². The Morgan fingerprint density at radius 1 is 0.947 bits per heavy atom. The van der Waals surface area contributed by atoms with E-state index in [9.17, 15) is 18.0 Å². The molecule has 2 N–H and O–H groups in total. The van der Waals surface area contributed by atoms with Crippen molar-refractivity contribution in [1.29, 1.82) is 0 Å². The third kappa shape index (κ3) is 8.30. The van der Waals surface area contributed by atoms with Crippen LogP contribution in [0.15, 0.2) is 77.7 Å². The largest absolute Gasteiger partial charge is 0.350 e. The van der Waals surface area contributed by atoms with Crippen molar-refractivity contribution in [1.82, 2.24) is 14.9 Å². The molecule has 3 aromatic carbocycles. The molecule has 0 heterocycles. The number of sulfonamides is 1. The molecule has 0 unspecified atom stereocenters. The summed E-state index contributed by atoms with van der Waals surface area (Å²) in [6, 6.07) is 20.2. The van der Waals surface area contributed by atoms with Gasteiger partial charge in [0.15, 0.2) is 0 Å². The molecule has 0 aromatic heterocycles. The van der Waals surface area contributed by atoms with Crippen molar-refractivity contribution in [2.75, 3.05) is 6.54 Å². The van der Waals surface area contributed by atoms with Gasteiger partial charge in [0.1, 0.15) is 6.04 Å². The van der Waals surface area contributed by atoms with Crippen LogP contribution in [0.25, 0.3) is 0 Å². The van der Waals surface area contributed by atoms with Crippen molar-refractivity contribution < 1.29 is 18.0 Å². The monoisotopic (exact) mass is 575 g/mol. The van der Waals surface area contributed by atoms with Gasteiger partial charge in [-0.05, 0) is 54.3 Å². The van der Waals surface area contributed by atoms with Crippen LogP contribution in [0.3, 0.4) is 0 Å². The van der Waals surface area contributed by atoms with Gasteiger partial charge in [0.05, 0.1) is 4.90 Å². The molecule has 2 amide bonds. The summed E-state index contributed by atoms with van der Waals surface area (Å²) in [5.41, 5.74) is 2.44. The lowest BCUT2D eigenvalue weighted by molar-refractivity contribution is -0.140. The molecule has 0 fully saturated rings. The number of hydrogen-bond acceptors (Lipinski definition) is 4. The lowest BCUT2D eigenvalue weighted by atomic mass is 10.1. The van der Waals surface area contributed by atoms with Crippen molar-refractivity contribution >= 4 is 45.0 Å². The highest BCUT2D eigenvalue weighted by Crippen LogP contribution is 2.21. The minimum Gasteiger partial charge on any atom is -0.350 e. The summed E-state index contributed by atoms with van der Waals surface area (Å²) in [6.07, 6.45) is 0.563. The van der Waals surface area contributed by atoms with E-state index in [1.54, 1.807) is 49.1 Å². The summed E-state index contributed by atoms with van der Waals surface area (Å²) >= 11 is 12.2. The van der Waals surface area contributed by atoms with Gasteiger partial charge in [-0.3, -0.25) is 9.59 Å². The smallest absolute Gasteiger partial charge is 0.242 e. The molecule has 0 radical (unpaired) electrons. The molecule has 10 heteroatoms. The Morgan fingerprint density at radius 3 is 2.26 bits per heavy atom. The summed E-state index contributed by atoms with van der Waals surface area (Å²) < 4.78 is 26.8. The van der Waals surface area contributed by atoms with Crippen LogP contribution < -0.4 is 10.0 Å². The Labute approximate surface area is 234 Å². The molecule has 7 nitrogen and oxygen atoms in total. The standard InChI is InChI=1S/C28H31Cl2N3O4S/c1-3-32-38(36,37)25-14-9-21(10-15-25)11-16-27(34)33(19-22-7-5-4-6-8-22)20(2)28(35)31-18-23-12-13-24(29)17-26(23)30/h4-10,12-15,17,20,32H,3,11,16,18-19H2,1-2H3,(H,31,35)/t20-/m1/s1. The van der Waals surface area contributed by atoms with Gasteiger partial charge in [-0.15, -0.1) is 0 Å². The molecule has 1 atom stereocenters. The van der Waals surface area contributed by atoms with Crippen LogP contribution in [-0.2, 0) is 39.1 Å². The van der Waals surface area contributed by atoms with Crippen molar-refractivity contribution in [2.24, 2.45) is 0 Å². The summed E-state index contributed by atoms with van der Waals surface area (Å²) in [6.45, 7) is 4.19. The second-order valence-corrected chi connectivity index (χ2v) is 11.4. The van der Waals surface area contributed by atoms with Crippen LogP contribution >= 0.6 is 23.2 Å². The fourth-order valence-corrected chi connectivity index (χ4v) is 5.38. The maximum atomic E-state index is 13.3. The number of benzene rings is 3. The average Bonchev–Trinajstić information content (AvgIpc) is 2.90. The Hall–Kier alpha value is -2.91. The van der Waals surface area contributed by atoms with Gasteiger partial charge in [-0.2, -0.15) is 0 Å². The number of aryl methyl sites for hydroxylation is 1. The molecule has 202 valence electrons. The first-order chi connectivity index (χ1) is 18.1. The van der Waals surface area contributed by atoms with Gasteiger partial charge < -0.3 is 10.2 Å². The van der Waals surface area contributed by atoms with Gasteiger partial charge >= 0.3 is 0 Å². The zero-order valence-corrected chi connectivity index (χ0v) is 23.6. The van der Waals surface area contributed by atoms with Gasteiger partial charge in [-0.1, -0.05) is 78.7 Å². The number of halogens is 2. The van der Waals surface area contributed by atoms with E-state index in [4.69, 9.17) is 23.2 Å².